The highest BCUT2D eigenvalue weighted by molar-refractivity contribution is 7.91. The van der Waals surface area contributed by atoms with Crippen molar-refractivity contribution < 1.29 is 23.2 Å². The van der Waals surface area contributed by atoms with E-state index >= 15 is 0 Å². The monoisotopic (exact) mass is 418 g/mol. The topological polar surface area (TPSA) is 95.9 Å². The zero-order chi connectivity index (χ0) is 21.3. The van der Waals surface area contributed by atoms with Crippen molar-refractivity contribution in [1.29, 1.82) is 0 Å². The molecule has 1 heterocycles. The first-order valence-corrected chi connectivity index (χ1v) is 11.0. The quantitative estimate of drug-likeness (QED) is 0.396. The molecule has 2 N–H and O–H groups in total. The fraction of sp³-hybridized carbons (Fsp3) is 0.476. The van der Waals surface area contributed by atoms with Crippen molar-refractivity contribution in [3.8, 4) is 29.4 Å². The molecule has 0 atom stereocenters. The zero-order valence-electron chi connectivity index (χ0n) is 16.7. The van der Waals surface area contributed by atoms with Crippen LogP contribution in [0.1, 0.15) is 26.7 Å². The van der Waals surface area contributed by atoms with Crippen LogP contribution in [0, 0.1) is 29.1 Å². The number of sulfone groups is 1. The second-order valence-corrected chi connectivity index (χ2v) is 8.76. The van der Waals surface area contributed by atoms with E-state index in [1.165, 1.54) is 12.1 Å². The maximum absolute atomic E-state index is 13.1. The number of hydrogen-bond donors (Lipinski definition) is 2. The number of nitrogens with one attached hydrogen (secondary N) is 1. The molecule has 0 unspecified atom stereocenters. The first-order chi connectivity index (χ1) is 13.8. The van der Waals surface area contributed by atoms with Crippen LogP contribution in [-0.4, -0.2) is 56.6 Å². The molecule has 7 nitrogen and oxygen atoms in total. The Balaban J connectivity index is 2.23. The molecule has 1 aliphatic heterocycles. The predicted octanol–water partition coefficient (Wildman–Crippen LogP) is 1.47. The number of ether oxygens (including phenoxy) is 1. The summed E-state index contributed by atoms with van der Waals surface area (Å²) in [5.74, 6) is 10.2. The first kappa shape index (κ1) is 22.8. The van der Waals surface area contributed by atoms with Gasteiger partial charge in [0.15, 0.2) is 9.84 Å². The van der Waals surface area contributed by atoms with Crippen LogP contribution in [0.3, 0.4) is 0 Å². The number of carbonyl (C=O) groups excluding carboxylic acids is 1. The van der Waals surface area contributed by atoms with Crippen LogP contribution in [0.4, 0.5) is 0 Å². The lowest BCUT2D eigenvalue weighted by Crippen LogP contribution is -2.51. The maximum atomic E-state index is 13.1. The molecule has 0 spiro atoms. The Hall–Kier alpha value is -2.52. The van der Waals surface area contributed by atoms with Crippen molar-refractivity contribution in [2.45, 2.75) is 31.6 Å². The van der Waals surface area contributed by atoms with Crippen LogP contribution in [-0.2, 0) is 14.6 Å². The molecule has 2 rings (SSSR count). The summed E-state index contributed by atoms with van der Waals surface area (Å²) in [7, 11) is -3.77. The van der Waals surface area contributed by atoms with E-state index in [2.05, 4.69) is 29.0 Å². The van der Waals surface area contributed by atoms with Gasteiger partial charge in [0.1, 0.15) is 18.9 Å². The summed E-state index contributed by atoms with van der Waals surface area (Å²) in [5, 5.41) is 13.8. The van der Waals surface area contributed by atoms with Crippen molar-refractivity contribution in [1.82, 2.24) is 10.4 Å². The number of hydroxylamine groups is 2. The molecule has 0 radical (unpaired) electrons. The maximum Gasteiger partial charge on any atom is 0.254 e. The van der Waals surface area contributed by atoms with E-state index in [1.807, 2.05) is 0 Å². The Kier molecular flexibility index (Phi) is 8.10. The molecule has 1 saturated heterocycles. The fourth-order valence-corrected chi connectivity index (χ4v) is 5.06. The second kappa shape index (κ2) is 10.3. The summed E-state index contributed by atoms with van der Waals surface area (Å²) in [5.41, 5.74) is -1.19. The smallest absolute Gasteiger partial charge is 0.254 e. The summed E-state index contributed by atoms with van der Waals surface area (Å²) in [4.78, 5) is 13.0. The van der Waals surface area contributed by atoms with Gasteiger partial charge in [0.05, 0.1) is 16.1 Å². The molecule has 0 bridgehead atoms. The van der Waals surface area contributed by atoms with E-state index in [0.717, 1.165) is 0 Å². The molecule has 1 aliphatic rings. The fourth-order valence-electron chi connectivity index (χ4n) is 3.21. The zero-order valence-corrected chi connectivity index (χ0v) is 17.5. The normalized spacial score (nSPS) is 15.3. The van der Waals surface area contributed by atoms with E-state index in [4.69, 9.17) is 4.74 Å². The number of carbonyl (C=O) groups is 1. The number of nitrogens with zero attached hydrogens (tertiary/aromatic N) is 1. The summed E-state index contributed by atoms with van der Waals surface area (Å²) < 4.78 is 31.5. The SMILES string of the molecule is CC#CCOc1ccc(S(=O)(=O)CC2(C(=O)N(O)CC#CC)CCNCC2)cc1. The minimum Gasteiger partial charge on any atom is -0.481 e. The highest BCUT2D eigenvalue weighted by Crippen LogP contribution is 2.35. The molecule has 1 aromatic carbocycles. The van der Waals surface area contributed by atoms with E-state index < -0.39 is 21.2 Å². The molecular formula is C21H26N2O5S. The second-order valence-electron chi connectivity index (χ2n) is 6.77. The molecule has 0 aromatic heterocycles. The van der Waals surface area contributed by atoms with E-state index in [9.17, 15) is 18.4 Å². The Morgan fingerprint density at radius 1 is 1.17 bits per heavy atom. The Bertz CT molecular complexity index is 927. The lowest BCUT2D eigenvalue weighted by molar-refractivity contribution is -0.174. The molecule has 0 aliphatic carbocycles. The standard InChI is InChI=1S/C21H26N2O5S/c1-3-5-15-23(25)20(24)21(11-13-22-14-12-21)17-29(26,27)19-9-7-18(8-10-19)28-16-6-4-2/h7-10,22,25H,11-17H2,1-2H3. The van der Waals surface area contributed by atoms with Crippen molar-refractivity contribution in [2.75, 3.05) is 32.0 Å². The van der Waals surface area contributed by atoms with Gasteiger partial charge in [-0.15, -0.1) is 11.8 Å². The van der Waals surface area contributed by atoms with E-state index in [1.54, 1.807) is 26.0 Å². The largest absolute Gasteiger partial charge is 0.481 e. The van der Waals surface area contributed by atoms with Gasteiger partial charge in [0.2, 0.25) is 0 Å². The molecule has 156 valence electrons. The molecule has 0 saturated carbocycles. The van der Waals surface area contributed by atoms with Crippen LogP contribution in [0.2, 0.25) is 0 Å². The highest BCUT2D eigenvalue weighted by atomic mass is 32.2. The Labute approximate surface area is 172 Å². The van der Waals surface area contributed by atoms with Crippen molar-refractivity contribution >= 4 is 15.7 Å². The van der Waals surface area contributed by atoms with Crippen molar-refractivity contribution in [3.63, 3.8) is 0 Å². The molecule has 1 fully saturated rings. The Morgan fingerprint density at radius 2 is 1.79 bits per heavy atom. The number of amides is 1. The van der Waals surface area contributed by atoms with Gasteiger partial charge in [-0.25, -0.2) is 13.5 Å². The molecule has 1 amide bonds. The third kappa shape index (κ3) is 5.98. The van der Waals surface area contributed by atoms with Crippen LogP contribution in [0.25, 0.3) is 0 Å². The van der Waals surface area contributed by atoms with Gasteiger partial charge in [-0.2, -0.15) is 0 Å². The van der Waals surface area contributed by atoms with Gasteiger partial charge >= 0.3 is 0 Å². The summed E-state index contributed by atoms with van der Waals surface area (Å²) in [6.45, 7) is 4.38. The third-order valence-corrected chi connectivity index (χ3v) is 6.71. The van der Waals surface area contributed by atoms with Crippen molar-refractivity contribution in [2.24, 2.45) is 5.41 Å². The average molecular weight is 419 g/mol. The third-order valence-electron chi connectivity index (χ3n) is 4.79. The minimum atomic E-state index is -3.77. The summed E-state index contributed by atoms with van der Waals surface area (Å²) in [6.07, 6.45) is 0.636. The number of benzene rings is 1. The van der Waals surface area contributed by atoms with Crippen LogP contribution in [0.5, 0.6) is 5.75 Å². The van der Waals surface area contributed by atoms with Crippen LogP contribution in [0.15, 0.2) is 29.2 Å². The van der Waals surface area contributed by atoms with Gasteiger partial charge in [-0.3, -0.25) is 10.0 Å². The first-order valence-electron chi connectivity index (χ1n) is 9.31. The highest BCUT2D eigenvalue weighted by Gasteiger charge is 2.45. The van der Waals surface area contributed by atoms with Gasteiger partial charge in [0, 0.05) is 0 Å². The summed E-state index contributed by atoms with van der Waals surface area (Å²) >= 11 is 0. The predicted molar refractivity (Wildman–Crippen MR) is 109 cm³/mol. The minimum absolute atomic E-state index is 0.106. The van der Waals surface area contributed by atoms with Crippen molar-refractivity contribution in [3.05, 3.63) is 24.3 Å². The lowest BCUT2D eigenvalue weighted by atomic mass is 9.79. The van der Waals surface area contributed by atoms with Gasteiger partial charge in [-0.05, 0) is 64.0 Å². The van der Waals surface area contributed by atoms with Gasteiger partial charge in [0.25, 0.3) is 5.91 Å². The molecule has 8 heteroatoms. The van der Waals surface area contributed by atoms with Gasteiger partial charge in [-0.1, -0.05) is 11.8 Å². The van der Waals surface area contributed by atoms with Crippen LogP contribution < -0.4 is 10.1 Å². The molecule has 29 heavy (non-hydrogen) atoms. The van der Waals surface area contributed by atoms with E-state index in [0.29, 0.717) is 36.7 Å². The lowest BCUT2D eigenvalue weighted by Gasteiger charge is -2.37. The Morgan fingerprint density at radius 3 is 2.38 bits per heavy atom. The van der Waals surface area contributed by atoms with E-state index in [-0.39, 0.29) is 23.8 Å². The number of piperidine rings is 1. The van der Waals surface area contributed by atoms with Crippen LogP contribution >= 0.6 is 0 Å². The summed E-state index contributed by atoms with van der Waals surface area (Å²) in [6, 6.07) is 6.05. The molecule has 1 aromatic rings. The molecular weight excluding hydrogens is 392 g/mol. The average Bonchev–Trinajstić information content (AvgIpc) is 2.72. The number of hydrogen-bond acceptors (Lipinski definition) is 6. The van der Waals surface area contributed by atoms with Gasteiger partial charge < -0.3 is 10.1 Å². The number of rotatable bonds is 7.